The number of anilines is 3. The Kier molecular flexibility index (Phi) is 5.47. The summed E-state index contributed by atoms with van der Waals surface area (Å²) in [4.78, 5) is 19.9. The van der Waals surface area contributed by atoms with Crippen molar-refractivity contribution >= 4 is 17.6 Å². The molecule has 12 nitrogen and oxygen atoms in total. The zero-order valence-electron chi connectivity index (χ0n) is 18.4. The summed E-state index contributed by atoms with van der Waals surface area (Å²) in [5, 5.41) is 14.5. The van der Waals surface area contributed by atoms with E-state index in [9.17, 15) is 0 Å². The third-order valence-electron chi connectivity index (χ3n) is 5.33. The molecule has 5 heterocycles. The summed E-state index contributed by atoms with van der Waals surface area (Å²) in [7, 11) is 3.12. The van der Waals surface area contributed by atoms with Crippen molar-refractivity contribution in [1.29, 1.82) is 0 Å². The summed E-state index contributed by atoms with van der Waals surface area (Å²) in [5.74, 6) is 3.30. The molecule has 0 aromatic carbocycles. The second kappa shape index (κ2) is 8.73. The van der Waals surface area contributed by atoms with E-state index >= 15 is 0 Å². The highest BCUT2D eigenvalue weighted by Gasteiger charge is 2.32. The van der Waals surface area contributed by atoms with Gasteiger partial charge in [0.05, 0.1) is 20.3 Å². The molecular weight excluding hydrogens is 426 g/mol. The van der Waals surface area contributed by atoms with Crippen molar-refractivity contribution in [2.75, 3.05) is 31.0 Å². The third-order valence-corrected chi connectivity index (χ3v) is 5.33. The molecule has 0 radical (unpaired) electrons. The van der Waals surface area contributed by atoms with Gasteiger partial charge in [0, 0.05) is 42.8 Å². The predicted molar refractivity (Wildman–Crippen MR) is 119 cm³/mol. The van der Waals surface area contributed by atoms with Crippen molar-refractivity contribution < 1.29 is 14.0 Å². The Morgan fingerprint density at radius 3 is 2.76 bits per heavy atom. The first-order valence-electron chi connectivity index (χ1n) is 10.5. The lowest BCUT2D eigenvalue weighted by Gasteiger charge is -2.23. The van der Waals surface area contributed by atoms with Gasteiger partial charge in [-0.05, 0) is 19.8 Å². The van der Waals surface area contributed by atoms with Gasteiger partial charge in [-0.2, -0.15) is 15.1 Å². The van der Waals surface area contributed by atoms with E-state index in [0.29, 0.717) is 46.5 Å². The molecule has 1 fully saturated rings. The number of nitrogens with one attached hydrogen (secondary N) is 2. The highest BCUT2D eigenvalue weighted by atomic mass is 16.5. The quantitative estimate of drug-likeness (QED) is 0.430. The second-order valence-corrected chi connectivity index (χ2v) is 7.54. The minimum Gasteiger partial charge on any atom is -0.481 e. The topological polar surface area (TPSA) is 140 Å². The van der Waals surface area contributed by atoms with Crippen LogP contribution in [0, 0.1) is 6.92 Å². The number of rotatable bonds is 7. The SMILES string of the molecule is COc1cc(Nc2cc(C)[nH]n2)nc(N2CCC[C@H]2c2cc(-c3nccnc3OC)no2)n1. The maximum atomic E-state index is 5.71. The Bertz CT molecular complexity index is 1260. The van der Waals surface area contributed by atoms with Gasteiger partial charge in [-0.25, -0.2) is 9.97 Å². The van der Waals surface area contributed by atoms with E-state index < -0.39 is 0 Å². The fraction of sp³-hybridized carbons (Fsp3) is 0.333. The van der Waals surface area contributed by atoms with E-state index in [2.05, 4.69) is 40.5 Å². The molecule has 4 aromatic heterocycles. The number of ether oxygens (including phenoxy) is 2. The maximum Gasteiger partial charge on any atom is 0.242 e. The van der Waals surface area contributed by atoms with E-state index in [4.69, 9.17) is 19.0 Å². The fourth-order valence-corrected chi connectivity index (χ4v) is 3.83. The van der Waals surface area contributed by atoms with Gasteiger partial charge in [0.25, 0.3) is 0 Å². The molecule has 0 spiro atoms. The van der Waals surface area contributed by atoms with Crippen LogP contribution in [0.25, 0.3) is 11.4 Å². The first kappa shape index (κ1) is 20.7. The number of methoxy groups -OCH3 is 2. The normalized spacial score (nSPS) is 15.6. The van der Waals surface area contributed by atoms with E-state index in [1.165, 1.54) is 0 Å². The molecule has 0 unspecified atom stereocenters. The van der Waals surface area contributed by atoms with Gasteiger partial charge in [-0.15, -0.1) is 0 Å². The highest BCUT2D eigenvalue weighted by molar-refractivity contribution is 5.60. The van der Waals surface area contributed by atoms with Crippen LogP contribution in [-0.2, 0) is 0 Å². The standard InChI is InChI=1S/C21H23N9O3/c1-12-9-17(28-27-12)24-16-11-18(31-2)26-21(25-16)30-8-4-5-14(30)15-10-13(29-33-15)19-20(32-3)23-7-6-22-19/h6-7,9-11,14H,4-5,8H2,1-3H3,(H2,24,25,26,27,28)/t14-/m0/s1. The Labute approximate surface area is 189 Å². The van der Waals surface area contributed by atoms with Crippen LogP contribution in [0.2, 0.25) is 0 Å². The fourth-order valence-electron chi connectivity index (χ4n) is 3.83. The number of H-pyrrole nitrogens is 1. The molecule has 5 rings (SSSR count). The Morgan fingerprint density at radius 1 is 1.09 bits per heavy atom. The molecule has 1 aliphatic heterocycles. The molecule has 1 aliphatic rings. The molecule has 1 saturated heterocycles. The van der Waals surface area contributed by atoms with Crippen LogP contribution < -0.4 is 19.7 Å². The van der Waals surface area contributed by atoms with Crippen LogP contribution in [0.4, 0.5) is 17.6 Å². The third kappa shape index (κ3) is 4.14. The van der Waals surface area contributed by atoms with E-state index in [1.54, 1.807) is 32.7 Å². The molecule has 12 heteroatoms. The number of aromatic amines is 1. The second-order valence-electron chi connectivity index (χ2n) is 7.54. The number of aromatic nitrogens is 7. The van der Waals surface area contributed by atoms with Gasteiger partial charge in [-0.3, -0.25) is 5.10 Å². The van der Waals surface area contributed by atoms with E-state index in [1.807, 2.05) is 19.1 Å². The summed E-state index contributed by atoms with van der Waals surface area (Å²) < 4.78 is 16.4. The molecule has 4 aromatic rings. The number of hydrogen-bond donors (Lipinski definition) is 2. The Morgan fingerprint density at radius 2 is 1.97 bits per heavy atom. The molecule has 170 valence electrons. The Balaban J connectivity index is 1.44. The molecule has 2 N–H and O–H groups in total. The van der Waals surface area contributed by atoms with Gasteiger partial charge < -0.3 is 24.2 Å². The molecule has 0 saturated carbocycles. The van der Waals surface area contributed by atoms with Crippen LogP contribution in [0.5, 0.6) is 11.8 Å². The number of aryl methyl sites for hydroxylation is 1. The van der Waals surface area contributed by atoms with Gasteiger partial charge >= 0.3 is 0 Å². The summed E-state index contributed by atoms with van der Waals surface area (Å²) in [6.45, 7) is 2.70. The zero-order chi connectivity index (χ0) is 22.8. The molecular formula is C21H23N9O3. The molecule has 0 aliphatic carbocycles. The average molecular weight is 449 g/mol. The van der Waals surface area contributed by atoms with Gasteiger partial charge in [0.15, 0.2) is 17.3 Å². The van der Waals surface area contributed by atoms with Crippen molar-refractivity contribution in [3.63, 3.8) is 0 Å². The van der Waals surface area contributed by atoms with Crippen molar-refractivity contribution in [3.05, 3.63) is 42.0 Å². The molecule has 33 heavy (non-hydrogen) atoms. The molecule has 0 bridgehead atoms. The summed E-state index contributed by atoms with van der Waals surface area (Å²) in [6.07, 6.45) is 4.98. The van der Waals surface area contributed by atoms with Gasteiger partial charge in [-0.1, -0.05) is 5.16 Å². The maximum absolute atomic E-state index is 5.71. The van der Waals surface area contributed by atoms with Crippen LogP contribution in [0.15, 0.2) is 35.1 Å². The van der Waals surface area contributed by atoms with E-state index in [-0.39, 0.29) is 6.04 Å². The minimum atomic E-state index is -0.0819. The van der Waals surface area contributed by atoms with Crippen molar-refractivity contribution in [2.45, 2.75) is 25.8 Å². The van der Waals surface area contributed by atoms with Crippen molar-refractivity contribution in [3.8, 4) is 23.1 Å². The summed E-state index contributed by atoms with van der Waals surface area (Å²) >= 11 is 0. The zero-order valence-corrected chi connectivity index (χ0v) is 18.4. The number of nitrogens with zero attached hydrogens (tertiary/aromatic N) is 7. The van der Waals surface area contributed by atoms with Crippen molar-refractivity contribution in [1.82, 2.24) is 35.3 Å². The lowest BCUT2D eigenvalue weighted by molar-refractivity contribution is 0.360. The lowest BCUT2D eigenvalue weighted by atomic mass is 10.1. The Hall–Kier alpha value is -4.22. The van der Waals surface area contributed by atoms with E-state index in [0.717, 1.165) is 25.1 Å². The van der Waals surface area contributed by atoms with Crippen molar-refractivity contribution in [2.24, 2.45) is 0 Å². The molecule has 1 atom stereocenters. The summed E-state index contributed by atoms with van der Waals surface area (Å²) in [5.41, 5.74) is 2.03. The highest BCUT2D eigenvalue weighted by Crippen LogP contribution is 2.37. The van der Waals surface area contributed by atoms with Gasteiger partial charge in [0.2, 0.25) is 17.7 Å². The first-order chi connectivity index (χ1) is 16.1. The van der Waals surface area contributed by atoms with Gasteiger partial charge in [0.1, 0.15) is 11.5 Å². The van der Waals surface area contributed by atoms with Crippen LogP contribution in [-0.4, -0.2) is 56.1 Å². The number of hydrogen-bond acceptors (Lipinski definition) is 11. The largest absolute Gasteiger partial charge is 0.481 e. The lowest BCUT2D eigenvalue weighted by Crippen LogP contribution is -2.24. The predicted octanol–water partition coefficient (Wildman–Crippen LogP) is 3.06. The van der Waals surface area contributed by atoms with Crippen LogP contribution >= 0.6 is 0 Å². The average Bonchev–Trinajstić information content (AvgIpc) is 3.59. The minimum absolute atomic E-state index is 0.0819. The summed E-state index contributed by atoms with van der Waals surface area (Å²) in [6, 6.07) is 5.40. The smallest absolute Gasteiger partial charge is 0.242 e. The monoisotopic (exact) mass is 449 g/mol. The van der Waals surface area contributed by atoms with Crippen LogP contribution in [0.3, 0.4) is 0 Å². The van der Waals surface area contributed by atoms with Crippen LogP contribution in [0.1, 0.15) is 30.3 Å². The molecule has 0 amide bonds. The first-order valence-corrected chi connectivity index (χ1v) is 10.5.